The molecular weight excluding hydrogens is 422 g/mol. The molecule has 0 atom stereocenters. The molecule has 5 heteroatoms. The predicted molar refractivity (Wildman–Crippen MR) is 136 cm³/mol. The highest BCUT2D eigenvalue weighted by Crippen LogP contribution is 2.32. The Morgan fingerprint density at radius 3 is 2.12 bits per heavy atom. The van der Waals surface area contributed by atoms with Crippen molar-refractivity contribution in [2.24, 2.45) is 0 Å². The van der Waals surface area contributed by atoms with Gasteiger partial charge >= 0.3 is 0 Å². The topological polar surface area (TPSA) is 52.7 Å². The summed E-state index contributed by atoms with van der Waals surface area (Å²) < 4.78 is 0. The molecule has 1 fully saturated rings. The summed E-state index contributed by atoms with van der Waals surface area (Å²) in [5, 5.41) is 3.27. The Morgan fingerprint density at radius 1 is 0.765 bits per heavy atom. The zero-order valence-corrected chi connectivity index (χ0v) is 19.5. The number of aryl methyl sites for hydroxylation is 1. The second-order valence-electron chi connectivity index (χ2n) is 9.02. The van der Waals surface area contributed by atoms with Crippen LogP contribution in [0.15, 0.2) is 84.6 Å². The number of carbonyl (C=O) groups is 2. The van der Waals surface area contributed by atoms with Crippen molar-refractivity contribution >= 4 is 28.8 Å². The molecule has 5 rings (SSSR count). The second kappa shape index (κ2) is 9.56. The van der Waals surface area contributed by atoms with Gasteiger partial charge in [-0.3, -0.25) is 14.5 Å². The molecule has 3 aromatic rings. The van der Waals surface area contributed by atoms with Crippen molar-refractivity contribution in [3.8, 4) is 0 Å². The predicted octanol–water partition coefficient (Wildman–Crippen LogP) is 5.38. The van der Waals surface area contributed by atoms with E-state index in [4.69, 9.17) is 0 Å². The molecule has 0 radical (unpaired) electrons. The molecule has 172 valence electrons. The molecule has 5 nitrogen and oxygen atoms in total. The van der Waals surface area contributed by atoms with Crippen LogP contribution in [-0.2, 0) is 16.1 Å². The van der Waals surface area contributed by atoms with Crippen molar-refractivity contribution in [2.45, 2.75) is 32.7 Å². The molecule has 0 saturated carbocycles. The minimum absolute atomic E-state index is 0.243. The third-order valence-electron chi connectivity index (χ3n) is 6.55. The lowest BCUT2D eigenvalue weighted by molar-refractivity contribution is -0.137. The summed E-state index contributed by atoms with van der Waals surface area (Å²) in [6.45, 7) is 4.42. The lowest BCUT2D eigenvalue weighted by Crippen LogP contribution is -2.32. The van der Waals surface area contributed by atoms with Crippen molar-refractivity contribution in [1.29, 1.82) is 0 Å². The number of nitrogens with zero attached hydrogens (tertiary/aromatic N) is 2. The number of rotatable bonds is 6. The molecular formula is C29H29N3O2. The standard InChI is InChI=1S/C29H29N3O2/c1-21-10-12-22(13-11-21)20-32-28(33)26(23-8-4-2-5-9-23)27(29(32)34)30-24-14-16-25(17-15-24)31-18-6-3-7-19-31/h2,4-5,8-17,30H,3,6-7,18-20H2,1H3. The van der Waals surface area contributed by atoms with Crippen LogP contribution in [0, 0.1) is 6.92 Å². The van der Waals surface area contributed by atoms with Crippen molar-refractivity contribution in [3.63, 3.8) is 0 Å². The summed E-state index contributed by atoms with van der Waals surface area (Å²) in [4.78, 5) is 30.6. The van der Waals surface area contributed by atoms with Gasteiger partial charge in [-0.25, -0.2) is 0 Å². The minimum Gasteiger partial charge on any atom is -0.372 e. The summed E-state index contributed by atoms with van der Waals surface area (Å²) in [6.07, 6.45) is 3.74. The number of hydrogen-bond acceptors (Lipinski definition) is 4. The van der Waals surface area contributed by atoms with Crippen LogP contribution in [-0.4, -0.2) is 29.8 Å². The normalized spacial score (nSPS) is 16.4. The van der Waals surface area contributed by atoms with E-state index in [0.29, 0.717) is 11.3 Å². The number of hydrogen-bond donors (Lipinski definition) is 1. The summed E-state index contributed by atoms with van der Waals surface area (Å²) in [6, 6.07) is 25.5. The first kappa shape index (κ1) is 22.0. The van der Waals surface area contributed by atoms with Gasteiger partial charge in [0.25, 0.3) is 11.8 Å². The Kier molecular flexibility index (Phi) is 6.17. The Bertz CT molecular complexity index is 1210. The van der Waals surface area contributed by atoms with Gasteiger partial charge in [0.2, 0.25) is 0 Å². The number of imide groups is 1. The maximum atomic E-state index is 13.5. The Balaban J connectivity index is 1.43. The SMILES string of the molecule is Cc1ccc(CN2C(=O)C(Nc3ccc(N4CCCCC4)cc3)=C(c3ccccc3)C2=O)cc1. The molecule has 3 aromatic carbocycles. The molecule has 2 aliphatic heterocycles. The molecule has 0 bridgehead atoms. The van der Waals surface area contributed by atoms with E-state index in [-0.39, 0.29) is 18.4 Å². The quantitative estimate of drug-likeness (QED) is 0.512. The maximum Gasteiger partial charge on any atom is 0.278 e. The molecule has 34 heavy (non-hydrogen) atoms. The van der Waals surface area contributed by atoms with Crippen LogP contribution in [0.1, 0.15) is 36.0 Å². The van der Waals surface area contributed by atoms with Gasteiger partial charge in [-0.05, 0) is 61.6 Å². The lowest BCUT2D eigenvalue weighted by Gasteiger charge is -2.28. The van der Waals surface area contributed by atoms with Crippen LogP contribution in [0.4, 0.5) is 11.4 Å². The van der Waals surface area contributed by atoms with Gasteiger partial charge in [0.15, 0.2) is 0 Å². The van der Waals surface area contributed by atoms with Gasteiger partial charge in [0.05, 0.1) is 12.1 Å². The molecule has 0 spiro atoms. The van der Waals surface area contributed by atoms with Gasteiger partial charge in [0, 0.05) is 24.5 Å². The third-order valence-corrected chi connectivity index (χ3v) is 6.55. The highest BCUT2D eigenvalue weighted by molar-refractivity contribution is 6.36. The highest BCUT2D eigenvalue weighted by Gasteiger charge is 2.39. The Morgan fingerprint density at radius 2 is 1.44 bits per heavy atom. The van der Waals surface area contributed by atoms with E-state index >= 15 is 0 Å². The van der Waals surface area contributed by atoms with Crippen LogP contribution in [0.3, 0.4) is 0 Å². The molecule has 0 aromatic heterocycles. The van der Waals surface area contributed by atoms with Crippen molar-refractivity contribution in [3.05, 3.63) is 101 Å². The summed E-state index contributed by atoms with van der Waals surface area (Å²) in [5.74, 6) is -0.575. The van der Waals surface area contributed by atoms with E-state index in [1.807, 2.05) is 73.7 Å². The molecule has 2 amide bonds. The van der Waals surface area contributed by atoms with Crippen LogP contribution in [0.5, 0.6) is 0 Å². The first-order valence-electron chi connectivity index (χ1n) is 11.9. The van der Waals surface area contributed by atoms with Crippen molar-refractivity contribution < 1.29 is 9.59 Å². The first-order valence-corrected chi connectivity index (χ1v) is 11.9. The lowest BCUT2D eigenvalue weighted by atomic mass is 10.0. The minimum atomic E-state index is -0.301. The smallest absolute Gasteiger partial charge is 0.278 e. The average Bonchev–Trinajstić information content (AvgIpc) is 3.11. The van der Waals surface area contributed by atoms with Crippen LogP contribution < -0.4 is 10.2 Å². The fraction of sp³-hybridized carbons (Fsp3) is 0.241. The number of carbonyl (C=O) groups excluding carboxylic acids is 2. The largest absolute Gasteiger partial charge is 0.372 e. The van der Waals surface area contributed by atoms with Crippen LogP contribution >= 0.6 is 0 Å². The summed E-state index contributed by atoms with van der Waals surface area (Å²) in [5.41, 5.74) is 5.53. The number of nitrogens with one attached hydrogen (secondary N) is 1. The molecule has 1 N–H and O–H groups in total. The summed E-state index contributed by atoms with van der Waals surface area (Å²) in [7, 11) is 0. The number of piperidine rings is 1. The number of anilines is 2. The van der Waals surface area contributed by atoms with Crippen LogP contribution in [0.25, 0.3) is 5.57 Å². The summed E-state index contributed by atoms with van der Waals surface area (Å²) >= 11 is 0. The molecule has 0 unspecified atom stereocenters. The zero-order valence-electron chi connectivity index (χ0n) is 19.5. The molecule has 2 aliphatic rings. The monoisotopic (exact) mass is 451 g/mol. The van der Waals surface area contributed by atoms with Gasteiger partial charge in [-0.1, -0.05) is 60.2 Å². The second-order valence-corrected chi connectivity index (χ2v) is 9.02. The fourth-order valence-electron chi connectivity index (χ4n) is 4.64. The van der Waals surface area contributed by atoms with Gasteiger partial charge < -0.3 is 10.2 Å². The number of benzene rings is 3. The van der Waals surface area contributed by atoms with E-state index in [9.17, 15) is 9.59 Å². The van der Waals surface area contributed by atoms with Gasteiger partial charge in [-0.15, -0.1) is 0 Å². The van der Waals surface area contributed by atoms with Crippen LogP contribution in [0.2, 0.25) is 0 Å². The van der Waals surface area contributed by atoms with Gasteiger partial charge in [-0.2, -0.15) is 0 Å². The van der Waals surface area contributed by atoms with Gasteiger partial charge in [0.1, 0.15) is 5.70 Å². The van der Waals surface area contributed by atoms with E-state index in [2.05, 4.69) is 22.3 Å². The van der Waals surface area contributed by atoms with E-state index in [1.54, 1.807) is 0 Å². The number of amides is 2. The molecule has 0 aliphatic carbocycles. The Labute approximate surface area is 200 Å². The van der Waals surface area contributed by atoms with E-state index in [1.165, 1.54) is 29.8 Å². The maximum absolute atomic E-state index is 13.5. The van der Waals surface area contributed by atoms with E-state index < -0.39 is 0 Å². The highest BCUT2D eigenvalue weighted by atomic mass is 16.2. The fourth-order valence-corrected chi connectivity index (χ4v) is 4.64. The molecule has 2 heterocycles. The Hall–Kier alpha value is -3.86. The van der Waals surface area contributed by atoms with E-state index in [0.717, 1.165) is 35.5 Å². The molecule has 1 saturated heterocycles. The average molecular weight is 452 g/mol. The first-order chi connectivity index (χ1) is 16.6. The van der Waals surface area contributed by atoms with Crippen molar-refractivity contribution in [1.82, 2.24) is 4.90 Å². The third kappa shape index (κ3) is 4.46. The zero-order chi connectivity index (χ0) is 23.5. The van der Waals surface area contributed by atoms with Crippen molar-refractivity contribution in [2.75, 3.05) is 23.3 Å².